The maximum Gasteiger partial charge on any atom is 0.0726 e. The number of ether oxygens (including phenoxy) is 1. The first kappa shape index (κ1) is 15.2. The van der Waals surface area contributed by atoms with Crippen LogP contribution in [0.2, 0.25) is 0 Å². The van der Waals surface area contributed by atoms with Gasteiger partial charge in [-0.3, -0.25) is 9.80 Å². The van der Waals surface area contributed by atoms with Crippen LogP contribution in [0.5, 0.6) is 0 Å². The molecule has 0 amide bonds. The molecule has 0 spiro atoms. The van der Waals surface area contributed by atoms with Crippen LogP contribution in [-0.2, 0) is 4.74 Å². The Morgan fingerprint density at radius 2 is 2.16 bits per heavy atom. The molecule has 0 aromatic heterocycles. The van der Waals surface area contributed by atoms with E-state index >= 15 is 0 Å². The van der Waals surface area contributed by atoms with Gasteiger partial charge in [-0.25, -0.2) is 0 Å². The fourth-order valence-electron chi connectivity index (χ4n) is 3.11. The van der Waals surface area contributed by atoms with E-state index in [4.69, 9.17) is 4.74 Å². The Hall–Kier alpha value is -0.160. The minimum absolute atomic E-state index is 0.304. The third kappa shape index (κ3) is 4.15. The standard InChI is InChI=1S/C15H31N3O/c1-13(14-6-5-11-19-14)16-7-8-18-10-9-17(4)15(2,3)12-18/h13-14,16H,5-12H2,1-4H3. The van der Waals surface area contributed by atoms with Crippen LogP contribution in [0.4, 0.5) is 0 Å². The van der Waals surface area contributed by atoms with Crippen molar-refractivity contribution in [2.45, 2.75) is 51.3 Å². The molecule has 1 N–H and O–H groups in total. The van der Waals surface area contributed by atoms with Crippen molar-refractivity contribution in [1.29, 1.82) is 0 Å². The first-order valence-corrected chi connectivity index (χ1v) is 7.77. The summed E-state index contributed by atoms with van der Waals surface area (Å²) < 4.78 is 5.72. The van der Waals surface area contributed by atoms with Crippen molar-refractivity contribution in [1.82, 2.24) is 15.1 Å². The summed E-state index contributed by atoms with van der Waals surface area (Å²) in [4.78, 5) is 5.04. The molecule has 0 saturated carbocycles. The predicted molar refractivity (Wildman–Crippen MR) is 79.6 cm³/mol. The average Bonchev–Trinajstić information content (AvgIpc) is 2.87. The van der Waals surface area contributed by atoms with E-state index in [1.54, 1.807) is 0 Å². The molecule has 0 radical (unpaired) electrons. The van der Waals surface area contributed by atoms with Gasteiger partial charge in [-0.1, -0.05) is 0 Å². The molecule has 2 rings (SSSR count). The summed E-state index contributed by atoms with van der Waals surface area (Å²) in [7, 11) is 2.23. The van der Waals surface area contributed by atoms with Gasteiger partial charge in [-0.05, 0) is 40.7 Å². The molecule has 19 heavy (non-hydrogen) atoms. The van der Waals surface area contributed by atoms with Crippen LogP contribution < -0.4 is 5.32 Å². The molecule has 0 aromatic rings. The topological polar surface area (TPSA) is 27.7 Å². The fraction of sp³-hybridized carbons (Fsp3) is 1.00. The third-order valence-corrected chi connectivity index (χ3v) is 4.81. The average molecular weight is 269 g/mol. The monoisotopic (exact) mass is 269 g/mol. The van der Waals surface area contributed by atoms with E-state index in [-0.39, 0.29) is 0 Å². The third-order valence-electron chi connectivity index (χ3n) is 4.81. The Balaban J connectivity index is 1.65. The summed E-state index contributed by atoms with van der Waals surface area (Å²) in [6, 6.07) is 0.489. The zero-order chi connectivity index (χ0) is 13.9. The second-order valence-electron chi connectivity index (χ2n) is 6.80. The van der Waals surface area contributed by atoms with Gasteiger partial charge >= 0.3 is 0 Å². The van der Waals surface area contributed by atoms with Crippen LogP contribution in [0, 0.1) is 0 Å². The van der Waals surface area contributed by atoms with Gasteiger partial charge in [0.05, 0.1) is 6.10 Å². The highest BCUT2D eigenvalue weighted by Gasteiger charge is 2.30. The molecule has 4 nitrogen and oxygen atoms in total. The van der Waals surface area contributed by atoms with E-state index in [0.29, 0.717) is 17.7 Å². The summed E-state index contributed by atoms with van der Waals surface area (Å²) in [6.45, 7) is 13.6. The first-order valence-electron chi connectivity index (χ1n) is 7.77. The largest absolute Gasteiger partial charge is 0.377 e. The highest BCUT2D eigenvalue weighted by atomic mass is 16.5. The molecule has 0 aromatic carbocycles. The zero-order valence-corrected chi connectivity index (χ0v) is 13.1. The van der Waals surface area contributed by atoms with Crippen molar-refractivity contribution >= 4 is 0 Å². The zero-order valence-electron chi connectivity index (χ0n) is 13.1. The lowest BCUT2D eigenvalue weighted by Crippen LogP contribution is -2.58. The van der Waals surface area contributed by atoms with E-state index in [9.17, 15) is 0 Å². The van der Waals surface area contributed by atoms with Crippen LogP contribution in [-0.4, -0.2) is 73.9 Å². The molecule has 2 aliphatic heterocycles. The number of nitrogens with zero attached hydrogens (tertiary/aromatic N) is 2. The molecular formula is C15H31N3O. The molecule has 4 heteroatoms. The number of hydrogen-bond acceptors (Lipinski definition) is 4. The Kier molecular flexibility index (Phi) is 5.23. The summed E-state index contributed by atoms with van der Waals surface area (Å²) in [5.74, 6) is 0. The minimum Gasteiger partial charge on any atom is -0.377 e. The molecule has 2 fully saturated rings. The van der Waals surface area contributed by atoms with Crippen LogP contribution >= 0.6 is 0 Å². The maximum atomic E-state index is 5.72. The molecule has 0 bridgehead atoms. The van der Waals surface area contributed by atoms with Gasteiger partial charge in [0, 0.05) is 50.9 Å². The van der Waals surface area contributed by atoms with Crippen LogP contribution in [0.1, 0.15) is 33.6 Å². The van der Waals surface area contributed by atoms with Crippen molar-refractivity contribution in [3.05, 3.63) is 0 Å². The Bertz CT molecular complexity index is 277. The lowest BCUT2D eigenvalue weighted by molar-refractivity contribution is 0.0383. The summed E-state index contributed by atoms with van der Waals surface area (Å²) >= 11 is 0. The van der Waals surface area contributed by atoms with Gasteiger partial charge in [0.1, 0.15) is 0 Å². The number of piperazine rings is 1. The molecule has 112 valence electrons. The molecule has 2 aliphatic rings. The van der Waals surface area contributed by atoms with Gasteiger partial charge in [-0.2, -0.15) is 0 Å². The molecule has 2 heterocycles. The van der Waals surface area contributed by atoms with Gasteiger partial charge < -0.3 is 10.1 Å². The molecule has 0 aliphatic carbocycles. The number of nitrogens with one attached hydrogen (secondary N) is 1. The number of likely N-dealkylation sites (N-methyl/N-ethyl adjacent to an activating group) is 1. The van der Waals surface area contributed by atoms with Crippen LogP contribution in [0.3, 0.4) is 0 Å². The minimum atomic E-state index is 0.304. The molecule has 2 unspecified atom stereocenters. The second-order valence-corrected chi connectivity index (χ2v) is 6.80. The van der Waals surface area contributed by atoms with E-state index in [1.807, 2.05) is 0 Å². The highest BCUT2D eigenvalue weighted by molar-refractivity contribution is 4.88. The maximum absolute atomic E-state index is 5.72. The lowest BCUT2D eigenvalue weighted by Gasteiger charge is -2.45. The predicted octanol–water partition coefficient (Wildman–Crippen LogP) is 1.17. The van der Waals surface area contributed by atoms with Gasteiger partial charge in [-0.15, -0.1) is 0 Å². The smallest absolute Gasteiger partial charge is 0.0726 e. The van der Waals surface area contributed by atoms with Crippen molar-refractivity contribution in [3.8, 4) is 0 Å². The summed E-state index contributed by atoms with van der Waals surface area (Å²) in [6.07, 6.45) is 2.88. The lowest BCUT2D eigenvalue weighted by atomic mass is 10.00. The Morgan fingerprint density at radius 1 is 1.37 bits per heavy atom. The quantitative estimate of drug-likeness (QED) is 0.811. The number of hydrogen-bond donors (Lipinski definition) is 1. The molecular weight excluding hydrogens is 238 g/mol. The summed E-state index contributed by atoms with van der Waals surface area (Å²) in [5.41, 5.74) is 0.304. The molecule has 2 atom stereocenters. The SMILES string of the molecule is CC(NCCN1CCN(C)C(C)(C)C1)C1CCCO1. The van der Waals surface area contributed by atoms with E-state index < -0.39 is 0 Å². The van der Waals surface area contributed by atoms with Crippen molar-refractivity contribution in [2.75, 3.05) is 46.4 Å². The fourth-order valence-corrected chi connectivity index (χ4v) is 3.11. The van der Waals surface area contributed by atoms with E-state index in [2.05, 4.69) is 42.9 Å². The second kappa shape index (κ2) is 6.53. The van der Waals surface area contributed by atoms with Gasteiger partial charge in [0.15, 0.2) is 0 Å². The first-order chi connectivity index (χ1) is 8.99. The number of rotatable bonds is 5. The van der Waals surface area contributed by atoms with Gasteiger partial charge in [0.25, 0.3) is 0 Å². The Labute approximate surface area is 118 Å². The summed E-state index contributed by atoms with van der Waals surface area (Å²) in [5, 5.41) is 3.63. The van der Waals surface area contributed by atoms with Crippen molar-refractivity contribution in [2.24, 2.45) is 0 Å². The normalized spacial score (nSPS) is 30.6. The van der Waals surface area contributed by atoms with E-state index in [0.717, 1.165) is 19.7 Å². The van der Waals surface area contributed by atoms with Crippen molar-refractivity contribution in [3.63, 3.8) is 0 Å². The van der Waals surface area contributed by atoms with Crippen molar-refractivity contribution < 1.29 is 4.74 Å². The van der Waals surface area contributed by atoms with E-state index in [1.165, 1.54) is 32.5 Å². The highest BCUT2D eigenvalue weighted by Crippen LogP contribution is 2.18. The van der Waals surface area contributed by atoms with Crippen LogP contribution in [0.25, 0.3) is 0 Å². The Morgan fingerprint density at radius 3 is 2.79 bits per heavy atom. The van der Waals surface area contributed by atoms with Gasteiger partial charge in [0.2, 0.25) is 0 Å². The van der Waals surface area contributed by atoms with Crippen LogP contribution in [0.15, 0.2) is 0 Å². The molecule has 2 saturated heterocycles.